The van der Waals surface area contributed by atoms with Crippen LogP contribution in [0.4, 0.5) is 0 Å². The maximum Gasteiger partial charge on any atom is 0.325 e. The number of carbonyl (C=O) groups is 1. The molecule has 0 aliphatic heterocycles. The number of carbonyl (C=O) groups excluding carboxylic acids is 1. The van der Waals surface area contributed by atoms with E-state index >= 15 is 0 Å². The Morgan fingerprint density at radius 3 is 2.14 bits per heavy atom. The summed E-state index contributed by atoms with van der Waals surface area (Å²) in [6.07, 6.45) is 0. The number of ether oxygens (including phenoxy) is 1. The van der Waals surface area contributed by atoms with Crippen LogP contribution >= 0.6 is 0 Å². The molecule has 0 amide bonds. The second-order valence-corrected chi connectivity index (χ2v) is 10.4. The van der Waals surface area contributed by atoms with Crippen molar-refractivity contribution in [3.8, 4) is 0 Å². The molecule has 0 saturated heterocycles. The third kappa shape index (κ3) is 9.39. The molecule has 21 heavy (non-hydrogen) atoms. The second-order valence-electron chi connectivity index (χ2n) is 6.40. The molecule has 0 aliphatic carbocycles. The Labute approximate surface area is 129 Å². The topological polar surface area (TPSA) is 72.5 Å². The van der Waals surface area contributed by atoms with Crippen molar-refractivity contribution in [2.24, 2.45) is 5.73 Å². The molecule has 0 radical (unpaired) electrons. The van der Waals surface area contributed by atoms with Crippen LogP contribution in [0.5, 0.6) is 0 Å². The van der Waals surface area contributed by atoms with Gasteiger partial charge >= 0.3 is 5.97 Å². The minimum absolute atomic E-state index is 0.188. The third-order valence-corrected chi connectivity index (χ3v) is 6.92. The molecule has 4 nitrogen and oxygen atoms in total. The van der Waals surface area contributed by atoms with Gasteiger partial charge in [0.25, 0.3) is 0 Å². The van der Waals surface area contributed by atoms with Gasteiger partial charge in [0.1, 0.15) is 12.6 Å². The minimum atomic E-state index is -0.946. The molecule has 0 heterocycles. The van der Waals surface area contributed by atoms with Crippen molar-refractivity contribution in [1.29, 1.82) is 0 Å². The predicted octanol–water partition coefficient (Wildman–Crippen LogP) is 2.32. The number of benzene rings is 1. The van der Waals surface area contributed by atoms with Gasteiger partial charge in [-0.1, -0.05) is 64.2 Å². The first-order chi connectivity index (χ1) is 9.68. The second kappa shape index (κ2) is 9.71. The zero-order chi connectivity index (χ0) is 16.5. The number of aliphatic hydroxyl groups is 1. The van der Waals surface area contributed by atoms with E-state index in [1.54, 1.807) is 0 Å². The summed E-state index contributed by atoms with van der Waals surface area (Å²) in [6.45, 7) is 11.5. The van der Waals surface area contributed by atoms with Crippen molar-refractivity contribution in [1.82, 2.24) is 0 Å². The van der Waals surface area contributed by atoms with E-state index in [2.05, 4.69) is 33.9 Å². The lowest BCUT2D eigenvalue weighted by Gasteiger charge is -2.21. The first-order valence-electron chi connectivity index (χ1n) is 7.25. The fraction of sp³-hybridized carbons (Fsp3) is 0.562. The normalized spacial score (nSPS) is 12.4. The summed E-state index contributed by atoms with van der Waals surface area (Å²) >= 11 is 0. The quantitative estimate of drug-likeness (QED) is 0.661. The number of esters is 1. The molecule has 1 atom stereocenters. The standard InChI is InChI=1S/C10H13NO3.C6H16Si/c11-9(6-12)10(13)14-7-8-4-2-1-3-5-8;1-6(2,3)7(4)5/h1-5,9,12H,6-7,11H2;7H,1-5H3/t9-;/m0./s1. The van der Waals surface area contributed by atoms with Gasteiger partial charge in [-0.05, 0) is 10.6 Å². The molecule has 0 fully saturated rings. The number of nitrogens with two attached hydrogens (primary N) is 1. The number of hydrogen-bond acceptors (Lipinski definition) is 4. The lowest BCUT2D eigenvalue weighted by Crippen LogP contribution is -2.35. The molecule has 0 spiro atoms. The highest BCUT2D eigenvalue weighted by Gasteiger charge is 2.15. The average molecular weight is 311 g/mol. The molecule has 0 unspecified atom stereocenters. The summed E-state index contributed by atoms with van der Waals surface area (Å²) < 4.78 is 4.86. The summed E-state index contributed by atoms with van der Waals surface area (Å²) in [5.41, 5.74) is 6.15. The zero-order valence-corrected chi connectivity index (χ0v) is 15.0. The molecule has 0 aliphatic rings. The Kier molecular flexibility index (Phi) is 9.16. The van der Waals surface area contributed by atoms with E-state index in [0.717, 1.165) is 5.56 Å². The average Bonchev–Trinajstić information content (AvgIpc) is 2.44. The first-order valence-corrected chi connectivity index (χ1v) is 10.1. The lowest BCUT2D eigenvalue weighted by molar-refractivity contribution is -0.147. The fourth-order valence-electron chi connectivity index (χ4n) is 0.910. The highest BCUT2D eigenvalue weighted by molar-refractivity contribution is 6.59. The van der Waals surface area contributed by atoms with Crippen LogP contribution in [0.1, 0.15) is 26.3 Å². The molecular weight excluding hydrogens is 282 g/mol. The molecule has 0 aromatic heterocycles. The summed E-state index contributed by atoms with van der Waals surface area (Å²) in [7, 11) is -0.359. The van der Waals surface area contributed by atoms with E-state index < -0.39 is 18.6 Å². The Morgan fingerprint density at radius 2 is 1.76 bits per heavy atom. The van der Waals surface area contributed by atoms with Crippen molar-refractivity contribution in [3.05, 3.63) is 35.9 Å². The van der Waals surface area contributed by atoms with Gasteiger partial charge in [-0.2, -0.15) is 0 Å². The van der Waals surface area contributed by atoms with E-state index in [1.165, 1.54) is 0 Å². The molecule has 1 rings (SSSR count). The van der Waals surface area contributed by atoms with Crippen LogP contribution in [-0.2, 0) is 16.1 Å². The van der Waals surface area contributed by atoms with Gasteiger partial charge in [-0.25, -0.2) is 0 Å². The number of rotatable bonds is 4. The van der Waals surface area contributed by atoms with Gasteiger partial charge in [-0.3, -0.25) is 4.79 Å². The molecule has 5 heteroatoms. The maximum absolute atomic E-state index is 11.0. The van der Waals surface area contributed by atoms with Crippen LogP contribution in [0.2, 0.25) is 18.1 Å². The smallest absolute Gasteiger partial charge is 0.325 e. The monoisotopic (exact) mass is 311 g/mol. The Morgan fingerprint density at radius 1 is 1.29 bits per heavy atom. The van der Waals surface area contributed by atoms with Crippen LogP contribution < -0.4 is 5.73 Å². The number of hydrogen-bond donors (Lipinski definition) is 2. The summed E-state index contributed by atoms with van der Waals surface area (Å²) in [4.78, 5) is 11.0. The van der Waals surface area contributed by atoms with E-state index in [-0.39, 0.29) is 15.4 Å². The van der Waals surface area contributed by atoms with Crippen molar-refractivity contribution in [3.63, 3.8) is 0 Å². The Bertz CT molecular complexity index is 402. The van der Waals surface area contributed by atoms with Gasteiger partial charge < -0.3 is 15.6 Å². The van der Waals surface area contributed by atoms with Crippen molar-refractivity contribution in [2.75, 3.05) is 6.61 Å². The van der Waals surface area contributed by atoms with Gasteiger partial charge in [0.05, 0.1) is 6.61 Å². The molecule has 3 N–H and O–H groups in total. The van der Waals surface area contributed by atoms with E-state index in [0.29, 0.717) is 5.04 Å². The van der Waals surface area contributed by atoms with Crippen molar-refractivity contribution >= 4 is 14.8 Å². The van der Waals surface area contributed by atoms with E-state index in [1.807, 2.05) is 30.3 Å². The van der Waals surface area contributed by atoms with Gasteiger partial charge in [-0.15, -0.1) is 0 Å². The predicted molar refractivity (Wildman–Crippen MR) is 89.9 cm³/mol. The van der Waals surface area contributed by atoms with Crippen LogP contribution in [0, 0.1) is 0 Å². The third-order valence-electron chi connectivity index (χ3n) is 3.46. The van der Waals surface area contributed by atoms with Gasteiger partial charge in [0.2, 0.25) is 0 Å². The lowest BCUT2D eigenvalue weighted by atomic mass is 10.2. The summed E-state index contributed by atoms with van der Waals surface area (Å²) in [5, 5.41) is 9.22. The Balaban J connectivity index is 0.000000486. The molecule has 0 bridgehead atoms. The zero-order valence-electron chi connectivity index (χ0n) is 13.8. The minimum Gasteiger partial charge on any atom is -0.460 e. The molecule has 120 valence electrons. The van der Waals surface area contributed by atoms with Crippen LogP contribution in [0.25, 0.3) is 0 Å². The SMILES string of the molecule is C[SiH](C)C(C)(C)C.N[C@@H](CO)C(=O)OCc1ccccc1. The highest BCUT2D eigenvalue weighted by Crippen LogP contribution is 2.25. The van der Waals surface area contributed by atoms with Gasteiger partial charge in [0.15, 0.2) is 0 Å². The van der Waals surface area contributed by atoms with Crippen LogP contribution in [0.15, 0.2) is 30.3 Å². The fourth-order valence-corrected chi connectivity index (χ4v) is 0.910. The molecule has 1 aromatic carbocycles. The van der Waals surface area contributed by atoms with E-state index in [4.69, 9.17) is 15.6 Å². The summed E-state index contributed by atoms with van der Waals surface area (Å²) in [5.74, 6) is -0.587. The van der Waals surface area contributed by atoms with Crippen LogP contribution in [0.3, 0.4) is 0 Å². The number of aliphatic hydroxyl groups excluding tert-OH is 1. The highest BCUT2D eigenvalue weighted by atomic mass is 28.3. The first kappa shape index (κ1) is 19.8. The van der Waals surface area contributed by atoms with Gasteiger partial charge in [0, 0.05) is 8.80 Å². The molecule has 0 saturated carbocycles. The maximum atomic E-state index is 11.0. The Hall–Kier alpha value is -1.17. The van der Waals surface area contributed by atoms with E-state index in [9.17, 15) is 4.79 Å². The van der Waals surface area contributed by atoms with Crippen molar-refractivity contribution < 1.29 is 14.6 Å². The van der Waals surface area contributed by atoms with Crippen molar-refractivity contribution in [2.45, 2.75) is 51.6 Å². The summed E-state index contributed by atoms with van der Waals surface area (Å²) in [6, 6.07) is 8.34. The molecule has 1 aromatic rings. The van der Waals surface area contributed by atoms with Crippen LogP contribution in [-0.4, -0.2) is 32.5 Å². The molecular formula is C16H29NO3Si. The largest absolute Gasteiger partial charge is 0.460 e.